The van der Waals surface area contributed by atoms with Crippen LogP contribution in [-0.4, -0.2) is 6.04 Å². The van der Waals surface area contributed by atoms with Crippen molar-refractivity contribution >= 4 is 23.2 Å². The van der Waals surface area contributed by atoms with E-state index in [1.165, 1.54) is 18.4 Å². The van der Waals surface area contributed by atoms with E-state index >= 15 is 0 Å². The van der Waals surface area contributed by atoms with E-state index in [4.69, 9.17) is 27.9 Å². The number of halogens is 2. The van der Waals surface area contributed by atoms with Crippen LogP contribution in [0, 0.1) is 6.92 Å². The lowest BCUT2D eigenvalue weighted by Crippen LogP contribution is -2.15. The second-order valence-electron chi connectivity index (χ2n) is 5.46. The summed E-state index contributed by atoms with van der Waals surface area (Å²) < 4.78 is 5.94. The average Bonchev–Trinajstić information content (AvgIpc) is 3.22. The number of hydrogen-bond donors (Lipinski definition) is 1. The third-order valence-electron chi connectivity index (χ3n) is 3.49. The van der Waals surface area contributed by atoms with Crippen LogP contribution in [0.3, 0.4) is 0 Å². The van der Waals surface area contributed by atoms with Crippen LogP contribution >= 0.6 is 23.2 Å². The lowest BCUT2D eigenvalue weighted by Gasteiger charge is -2.12. The Morgan fingerprint density at radius 2 is 1.81 bits per heavy atom. The first kappa shape index (κ1) is 14.7. The van der Waals surface area contributed by atoms with Gasteiger partial charge in [-0.3, -0.25) is 0 Å². The molecule has 0 aliphatic heterocycles. The molecule has 3 rings (SSSR count). The summed E-state index contributed by atoms with van der Waals surface area (Å²) in [5.74, 6) is 1.49. The molecular weight excluding hydrogens is 305 g/mol. The largest absolute Gasteiger partial charge is 0.457 e. The molecule has 4 heteroatoms. The Morgan fingerprint density at radius 3 is 2.48 bits per heavy atom. The number of nitrogens with one attached hydrogen (secondary N) is 1. The minimum absolute atomic E-state index is 0.571. The number of rotatable bonds is 5. The molecule has 0 spiro atoms. The molecular formula is C17H17Cl2NO. The predicted molar refractivity (Wildman–Crippen MR) is 87.6 cm³/mol. The van der Waals surface area contributed by atoms with Crippen LogP contribution in [0.1, 0.15) is 24.0 Å². The highest BCUT2D eigenvalue weighted by Gasteiger charge is 2.20. The summed E-state index contributed by atoms with van der Waals surface area (Å²) >= 11 is 12.0. The van der Waals surface area contributed by atoms with Crippen LogP contribution in [0.2, 0.25) is 10.0 Å². The lowest BCUT2D eigenvalue weighted by molar-refractivity contribution is 0.478. The normalized spacial score (nSPS) is 14.2. The van der Waals surface area contributed by atoms with Gasteiger partial charge in [-0.1, -0.05) is 35.3 Å². The summed E-state index contributed by atoms with van der Waals surface area (Å²) in [7, 11) is 0. The Morgan fingerprint density at radius 1 is 1.10 bits per heavy atom. The molecule has 110 valence electrons. The molecule has 0 aromatic heterocycles. The summed E-state index contributed by atoms with van der Waals surface area (Å²) in [6.07, 6.45) is 2.58. The lowest BCUT2D eigenvalue weighted by atomic mass is 10.1. The van der Waals surface area contributed by atoms with Gasteiger partial charge in [-0.2, -0.15) is 0 Å². The molecule has 0 amide bonds. The Kier molecular flexibility index (Phi) is 4.39. The standard InChI is InChI=1S/C17H17Cl2NO/c1-11-2-3-12(10-20-15-4-5-15)6-17(11)21-16-8-13(18)7-14(19)9-16/h2-3,6-9,15,20H,4-5,10H2,1H3. The number of ether oxygens (including phenoxy) is 1. The van der Waals surface area contributed by atoms with Crippen LogP contribution in [0.25, 0.3) is 0 Å². The Hall–Kier alpha value is -1.22. The Balaban J connectivity index is 1.77. The second-order valence-corrected chi connectivity index (χ2v) is 6.34. The zero-order chi connectivity index (χ0) is 14.8. The molecule has 0 bridgehead atoms. The van der Waals surface area contributed by atoms with Crippen molar-refractivity contribution in [1.29, 1.82) is 0 Å². The maximum absolute atomic E-state index is 6.00. The first-order valence-corrected chi connectivity index (χ1v) is 7.82. The highest BCUT2D eigenvalue weighted by atomic mass is 35.5. The zero-order valence-corrected chi connectivity index (χ0v) is 13.3. The van der Waals surface area contributed by atoms with Crippen molar-refractivity contribution in [3.8, 4) is 11.5 Å². The highest BCUT2D eigenvalue weighted by molar-refractivity contribution is 6.34. The molecule has 2 aromatic rings. The van der Waals surface area contributed by atoms with Gasteiger partial charge in [0, 0.05) is 22.6 Å². The summed E-state index contributed by atoms with van der Waals surface area (Å²) in [5.41, 5.74) is 2.30. The fourth-order valence-electron chi connectivity index (χ4n) is 2.13. The van der Waals surface area contributed by atoms with E-state index in [9.17, 15) is 0 Å². The molecule has 1 aliphatic carbocycles. The molecule has 21 heavy (non-hydrogen) atoms. The Labute approximate surface area is 135 Å². The fourth-order valence-corrected chi connectivity index (χ4v) is 2.63. The molecule has 1 aliphatic rings. The maximum Gasteiger partial charge on any atom is 0.130 e. The molecule has 1 saturated carbocycles. The SMILES string of the molecule is Cc1ccc(CNC2CC2)cc1Oc1cc(Cl)cc(Cl)c1. The van der Waals surface area contributed by atoms with Crippen LogP contribution < -0.4 is 10.1 Å². The molecule has 0 saturated heterocycles. The molecule has 2 aromatic carbocycles. The van der Waals surface area contributed by atoms with Gasteiger partial charge in [0.2, 0.25) is 0 Å². The van der Waals surface area contributed by atoms with Crippen LogP contribution in [0.4, 0.5) is 0 Å². The molecule has 0 atom stereocenters. The van der Waals surface area contributed by atoms with E-state index in [0.717, 1.165) is 17.9 Å². The van der Waals surface area contributed by atoms with E-state index in [1.807, 2.05) is 6.92 Å². The predicted octanol–water partition coefficient (Wildman–Crippen LogP) is 5.35. The van der Waals surface area contributed by atoms with Gasteiger partial charge in [0.15, 0.2) is 0 Å². The summed E-state index contributed by atoms with van der Waals surface area (Å²) in [6.45, 7) is 2.90. The smallest absolute Gasteiger partial charge is 0.130 e. The van der Waals surface area contributed by atoms with Crippen LogP contribution in [-0.2, 0) is 6.54 Å². The summed E-state index contributed by atoms with van der Waals surface area (Å²) in [5, 5.41) is 4.65. The van der Waals surface area contributed by atoms with Gasteiger partial charge in [-0.05, 0) is 55.2 Å². The van der Waals surface area contributed by atoms with Gasteiger partial charge in [-0.25, -0.2) is 0 Å². The summed E-state index contributed by atoms with van der Waals surface area (Å²) in [4.78, 5) is 0. The topological polar surface area (TPSA) is 21.3 Å². The second kappa shape index (κ2) is 6.27. The molecule has 2 nitrogen and oxygen atoms in total. The van der Waals surface area contributed by atoms with E-state index < -0.39 is 0 Å². The number of aryl methyl sites for hydroxylation is 1. The maximum atomic E-state index is 6.00. The molecule has 0 heterocycles. The van der Waals surface area contributed by atoms with Gasteiger partial charge in [0.25, 0.3) is 0 Å². The average molecular weight is 322 g/mol. The quantitative estimate of drug-likeness (QED) is 0.801. The van der Waals surface area contributed by atoms with Gasteiger partial charge in [0.05, 0.1) is 0 Å². The van der Waals surface area contributed by atoms with E-state index in [1.54, 1.807) is 18.2 Å². The summed E-state index contributed by atoms with van der Waals surface area (Å²) in [6, 6.07) is 12.2. The number of hydrogen-bond acceptors (Lipinski definition) is 2. The van der Waals surface area contributed by atoms with E-state index in [-0.39, 0.29) is 0 Å². The monoisotopic (exact) mass is 321 g/mol. The minimum atomic E-state index is 0.571. The van der Waals surface area contributed by atoms with Crippen LogP contribution in [0.5, 0.6) is 11.5 Å². The molecule has 0 unspecified atom stereocenters. The number of benzene rings is 2. The zero-order valence-electron chi connectivity index (χ0n) is 11.8. The van der Waals surface area contributed by atoms with Crippen molar-refractivity contribution in [3.05, 3.63) is 57.6 Å². The highest BCUT2D eigenvalue weighted by Crippen LogP contribution is 2.30. The van der Waals surface area contributed by atoms with Crippen molar-refractivity contribution in [2.75, 3.05) is 0 Å². The van der Waals surface area contributed by atoms with Gasteiger partial charge >= 0.3 is 0 Å². The van der Waals surface area contributed by atoms with Crippen molar-refractivity contribution in [1.82, 2.24) is 5.32 Å². The van der Waals surface area contributed by atoms with Crippen molar-refractivity contribution in [2.45, 2.75) is 32.4 Å². The first-order chi connectivity index (χ1) is 10.1. The molecule has 1 fully saturated rings. The van der Waals surface area contributed by atoms with Gasteiger partial charge in [0.1, 0.15) is 11.5 Å². The van der Waals surface area contributed by atoms with Crippen molar-refractivity contribution < 1.29 is 4.74 Å². The van der Waals surface area contributed by atoms with E-state index in [0.29, 0.717) is 21.8 Å². The third-order valence-corrected chi connectivity index (χ3v) is 3.93. The molecule has 0 radical (unpaired) electrons. The third kappa shape index (κ3) is 4.13. The Bertz CT molecular complexity index is 633. The fraction of sp³-hybridized carbons (Fsp3) is 0.294. The van der Waals surface area contributed by atoms with Crippen LogP contribution in [0.15, 0.2) is 36.4 Å². The van der Waals surface area contributed by atoms with Crippen molar-refractivity contribution in [2.24, 2.45) is 0 Å². The van der Waals surface area contributed by atoms with Crippen molar-refractivity contribution in [3.63, 3.8) is 0 Å². The van der Waals surface area contributed by atoms with Gasteiger partial charge in [-0.15, -0.1) is 0 Å². The first-order valence-electron chi connectivity index (χ1n) is 7.07. The minimum Gasteiger partial charge on any atom is -0.457 e. The molecule has 1 N–H and O–H groups in total. The van der Waals surface area contributed by atoms with E-state index in [2.05, 4.69) is 23.5 Å². The van der Waals surface area contributed by atoms with Gasteiger partial charge < -0.3 is 10.1 Å².